The summed E-state index contributed by atoms with van der Waals surface area (Å²) in [5.41, 5.74) is 1.54. The minimum absolute atomic E-state index is 0.339. The molecule has 12 heteroatoms. The number of rotatable bonds is 2. The van der Waals surface area contributed by atoms with Crippen LogP contribution in [-0.4, -0.2) is 45.2 Å². The highest BCUT2D eigenvalue weighted by molar-refractivity contribution is 7.45. The number of para-hydroxylation sites is 1. The van der Waals surface area contributed by atoms with Crippen LogP contribution in [0.25, 0.3) is 11.0 Å². The average Bonchev–Trinajstić information content (AvgIpc) is 2.98. The molecule has 0 bridgehead atoms. The molecule has 0 saturated carbocycles. The van der Waals surface area contributed by atoms with Crippen LogP contribution in [0.1, 0.15) is 0 Å². The highest BCUT2D eigenvalue weighted by atomic mass is 31.2. The summed E-state index contributed by atoms with van der Waals surface area (Å²) in [7, 11) is -4.64. The van der Waals surface area contributed by atoms with Gasteiger partial charge in [0.25, 0.3) is 5.88 Å². The van der Waals surface area contributed by atoms with Gasteiger partial charge in [0.15, 0.2) is 0 Å². The van der Waals surface area contributed by atoms with E-state index in [1.54, 1.807) is 0 Å². The Balaban J connectivity index is 0.000000257. The maximum absolute atomic E-state index is 8.88. The molecule has 1 aromatic carbocycles. The molecule has 0 spiro atoms. The van der Waals surface area contributed by atoms with Gasteiger partial charge in [0.05, 0.1) is 6.20 Å². The first-order valence-electron chi connectivity index (χ1n) is 5.07. The summed E-state index contributed by atoms with van der Waals surface area (Å²) in [6.07, 6.45) is 1.52. The topological polar surface area (TPSA) is 159 Å². The summed E-state index contributed by atoms with van der Waals surface area (Å²) >= 11 is 0. The largest absolute Gasteiger partial charge is 0.466 e. The Bertz CT molecular complexity index is 714. The van der Waals surface area contributed by atoms with Gasteiger partial charge in [-0.25, -0.2) is 4.57 Å². The summed E-state index contributed by atoms with van der Waals surface area (Å²) in [4.78, 5) is 28.2. The van der Waals surface area contributed by atoms with Gasteiger partial charge < -0.3 is 19.5 Å². The molecule has 4 N–H and O–H groups in total. The van der Waals surface area contributed by atoms with E-state index in [0.29, 0.717) is 5.88 Å². The molecule has 2 heterocycles. The molecule has 106 valence electrons. The molecule has 11 nitrogen and oxygen atoms in total. The van der Waals surface area contributed by atoms with Crippen LogP contribution >= 0.6 is 7.82 Å². The summed E-state index contributed by atoms with van der Waals surface area (Å²) in [6.45, 7) is 0. The lowest BCUT2D eigenvalue weighted by atomic mass is 10.3. The highest BCUT2D eigenvalue weighted by Crippen LogP contribution is 2.25. The van der Waals surface area contributed by atoms with Crippen molar-refractivity contribution in [1.82, 2.24) is 30.6 Å². The number of aromatic nitrogens is 6. The van der Waals surface area contributed by atoms with Gasteiger partial charge in [-0.2, -0.15) is 0 Å². The van der Waals surface area contributed by atoms with Crippen LogP contribution in [-0.2, 0) is 4.57 Å². The Morgan fingerprint density at radius 1 is 1.20 bits per heavy atom. The number of aromatic amines is 1. The van der Waals surface area contributed by atoms with Crippen LogP contribution in [0.15, 0.2) is 30.5 Å². The number of nitrogens with zero attached hydrogens (tertiary/aromatic N) is 5. The van der Waals surface area contributed by atoms with Crippen molar-refractivity contribution < 1.29 is 24.1 Å². The van der Waals surface area contributed by atoms with Crippen LogP contribution in [0.2, 0.25) is 0 Å². The summed E-state index contributed by atoms with van der Waals surface area (Å²) in [5, 5.41) is 17.5. The van der Waals surface area contributed by atoms with Gasteiger partial charge in [-0.15, -0.1) is 5.10 Å². The second-order valence-corrected chi connectivity index (χ2v) is 4.39. The fourth-order valence-corrected chi connectivity index (χ4v) is 1.24. The van der Waals surface area contributed by atoms with E-state index in [1.165, 1.54) is 11.0 Å². The van der Waals surface area contributed by atoms with Crippen molar-refractivity contribution in [2.45, 2.75) is 0 Å². The number of hydrogen-bond acceptors (Lipinski definition) is 6. The van der Waals surface area contributed by atoms with Crippen LogP contribution in [0.4, 0.5) is 0 Å². The summed E-state index contributed by atoms with van der Waals surface area (Å²) < 4.78 is 8.88. The Hall–Kier alpha value is -2.33. The molecule has 0 unspecified atom stereocenters. The van der Waals surface area contributed by atoms with Gasteiger partial charge >= 0.3 is 7.82 Å². The molecule has 20 heavy (non-hydrogen) atoms. The number of H-pyrrole nitrogens is 1. The Morgan fingerprint density at radius 3 is 2.55 bits per heavy atom. The van der Waals surface area contributed by atoms with Crippen molar-refractivity contribution >= 4 is 18.9 Å². The van der Waals surface area contributed by atoms with E-state index in [1.807, 2.05) is 24.3 Å². The minimum Gasteiger partial charge on any atom is -0.332 e. The predicted octanol–water partition coefficient (Wildman–Crippen LogP) is -0.537. The summed E-state index contributed by atoms with van der Waals surface area (Å²) in [6, 6.07) is 7.48. The number of nitrogens with one attached hydrogen (secondary N) is 1. The standard InChI is InChI=1S/C8H6N6O.H3O4P/c1-2-4-7-6(3-1)10-13-14(7)15-8-5-9-12-11-8;1-5(2,3)4/h1-5H,(H,9,11,12);(H3,1,2,3,4). The second-order valence-electron chi connectivity index (χ2n) is 3.37. The van der Waals surface area contributed by atoms with Crippen LogP contribution in [0.3, 0.4) is 0 Å². The van der Waals surface area contributed by atoms with Gasteiger partial charge in [-0.05, 0) is 17.3 Å². The highest BCUT2D eigenvalue weighted by Gasteiger charge is 2.06. The first kappa shape index (κ1) is 14.1. The Kier molecular flexibility index (Phi) is 4.05. The number of benzene rings is 1. The van der Waals surface area contributed by atoms with Gasteiger partial charge in [0.1, 0.15) is 11.0 Å². The van der Waals surface area contributed by atoms with E-state index >= 15 is 0 Å². The van der Waals surface area contributed by atoms with E-state index in [0.717, 1.165) is 11.0 Å². The van der Waals surface area contributed by atoms with Gasteiger partial charge in [-0.1, -0.05) is 27.3 Å². The molecule has 0 aliphatic carbocycles. The monoisotopic (exact) mass is 300 g/mol. The number of hydrogen-bond donors (Lipinski definition) is 4. The molecule has 0 amide bonds. The van der Waals surface area contributed by atoms with E-state index in [9.17, 15) is 0 Å². The normalized spacial score (nSPS) is 10.9. The molecule has 0 aliphatic heterocycles. The number of phosphoric acid groups is 1. The van der Waals surface area contributed by atoms with Crippen molar-refractivity contribution in [3.63, 3.8) is 0 Å². The smallest absolute Gasteiger partial charge is 0.332 e. The lowest BCUT2D eigenvalue weighted by Gasteiger charge is -1.98. The second kappa shape index (κ2) is 5.75. The zero-order valence-electron chi connectivity index (χ0n) is 9.73. The van der Waals surface area contributed by atoms with Crippen molar-refractivity contribution in [2.24, 2.45) is 0 Å². The first-order chi connectivity index (χ1) is 9.43. The van der Waals surface area contributed by atoms with Crippen LogP contribution < -0.4 is 4.84 Å². The molecule has 0 aliphatic rings. The fraction of sp³-hybridized carbons (Fsp3) is 0. The molecule has 3 aromatic rings. The third-order valence-electron chi connectivity index (χ3n) is 1.90. The van der Waals surface area contributed by atoms with E-state index in [2.05, 4.69) is 25.7 Å². The Morgan fingerprint density at radius 2 is 1.90 bits per heavy atom. The maximum atomic E-state index is 8.88. The number of fused-ring (bicyclic) bond motifs is 1. The zero-order chi connectivity index (χ0) is 14.6. The average molecular weight is 300 g/mol. The minimum atomic E-state index is -4.64. The van der Waals surface area contributed by atoms with Gasteiger partial charge in [-0.3, -0.25) is 5.10 Å². The van der Waals surface area contributed by atoms with E-state index in [4.69, 9.17) is 24.1 Å². The SMILES string of the molecule is O=P(O)(O)O.c1ccc2c(c1)nnn2Oc1c[nH]nn1. The molecule has 0 saturated heterocycles. The summed E-state index contributed by atoms with van der Waals surface area (Å²) in [5.74, 6) is 0.339. The predicted molar refractivity (Wildman–Crippen MR) is 64.2 cm³/mol. The molecule has 3 rings (SSSR count). The van der Waals surface area contributed by atoms with Crippen molar-refractivity contribution in [2.75, 3.05) is 0 Å². The Labute approximate surface area is 111 Å². The third-order valence-corrected chi connectivity index (χ3v) is 1.90. The van der Waals surface area contributed by atoms with Crippen LogP contribution in [0.5, 0.6) is 5.88 Å². The lowest BCUT2D eigenvalue weighted by Crippen LogP contribution is -2.07. The first-order valence-corrected chi connectivity index (χ1v) is 6.63. The quantitative estimate of drug-likeness (QED) is 0.456. The molecule has 0 fully saturated rings. The van der Waals surface area contributed by atoms with Crippen molar-refractivity contribution in [1.29, 1.82) is 0 Å². The van der Waals surface area contributed by atoms with Gasteiger partial charge in [0, 0.05) is 0 Å². The molecule has 0 radical (unpaired) electrons. The van der Waals surface area contributed by atoms with Gasteiger partial charge in [0.2, 0.25) is 0 Å². The zero-order valence-corrected chi connectivity index (χ0v) is 10.6. The van der Waals surface area contributed by atoms with Crippen molar-refractivity contribution in [3.05, 3.63) is 30.5 Å². The molecule has 0 atom stereocenters. The molecular formula is C8H9N6O5P. The lowest BCUT2D eigenvalue weighted by molar-refractivity contribution is 0.175. The van der Waals surface area contributed by atoms with Crippen molar-refractivity contribution in [3.8, 4) is 5.88 Å². The molecular weight excluding hydrogens is 291 g/mol. The fourth-order valence-electron chi connectivity index (χ4n) is 1.24. The molecule has 2 aromatic heterocycles. The third kappa shape index (κ3) is 4.10. The van der Waals surface area contributed by atoms with Crippen LogP contribution in [0, 0.1) is 0 Å². The van der Waals surface area contributed by atoms with E-state index in [-0.39, 0.29) is 0 Å². The maximum Gasteiger partial charge on any atom is 0.466 e. The van der Waals surface area contributed by atoms with E-state index < -0.39 is 7.82 Å².